The van der Waals surface area contributed by atoms with E-state index in [1.807, 2.05) is 0 Å². The van der Waals surface area contributed by atoms with Gasteiger partial charge in [-0.25, -0.2) is 18.7 Å². The van der Waals surface area contributed by atoms with Crippen molar-refractivity contribution in [1.82, 2.24) is 20.2 Å². The minimum Gasteiger partial charge on any atom is -0.354 e. The topological polar surface area (TPSA) is 61.4 Å². The molecule has 0 atom stereocenters. The molecule has 0 bridgehead atoms. The zero-order valence-electron chi connectivity index (χ0n) is 14.8. The first-order valence-corrected chi connectivity index (χ1v) is 9.69. The van der Waals surface area contributed by atoms with E-state index in [-0.39, 0.29) is 11.7 Å². The van der Waals surface area contributed by atoms with Gasteiger partial charge < -0.3 is 10.2 Å². The maximum atomic E-state index is 13.1. The highest BCUT2D eigenvalue weighted by Gasteiger charge is 2.18. The van der Waals surface area contributed by atoms with Gasteiger partial charge in [0.15, 0.2) is 11.6 Å². The number of amides is 1. The van der Waals surface area contributed by atoms with Gasteiger partial charge in [0.1, 0.15) is 0 Å². The number of anilines is 1. The summed E-state index contributed by atoms with van der Waals surface area (Å²) in [5, 5.41) is 2.86. The first kappa shape index (κ1) is 19.5. The van der Waals surface area contributed by atoms with Crippen molar-refractivity contribution in [1.29, 1.82) is 0 Å². The molecule has 6 nitrogen and oxygen atoms in total. The minimum absolute atomic E-state index is 0.124. The molecule has 1 aromatic heterocycles. The third-order valence-electron chi connectivity index (χ3n) is 4.22. The molecule has 9 heteroatoms. The van der Waals surface area contributed by atoms with Gasteiger partial charge >= 0.3 is 0 Å². The summed E-state index contributed by atoms with van der Waals surface area (Å²) in [6.07, 6.45) is 3.48. The van der Waals surface area contributed by atoms with Crippen LogP contribution in [0.4, 0.5) is 14.7 Å². The highest BCUT2D eigenvalue weighted by molar-refractivity contribution is 8.00. The van der Waals surface area contributed by atoms with E-state index in [1.54, 1.807) is 18.5 Å². The van der Waals surface area contributed by atoms with Crippen LogP contribution in [0, 0.1) is 11.6 Å². The molecule has 2 heterocycles. The molecule has 1 aromatic carbocycles. The quantitative estimate of drug-likeness (QED) is 0.724. The number of carbonyl (C=O) groups is 1. The van der Waals surface area contributed by atoms with Crippen molar-refractivity contribution in [3.05, 3.63) is 48.3 Å². The number of nitrogens with zero attached hydrogens (tertiary/aromatic N) is 4. The lowest BCUT2D eigenvalue weighted by atomic mass is 10.3. The number of halogens is 2. The Morgan fingerprint density at radius 3 is 2.56 bits per heavy atom. The van der Waals surface area contributed by atoms with E-state index in [0.717, 1.165) is 50.8 Å². The lowest BCUT2D eigenvalue weighted by Crippen LogP contribution is -2.49. The molecule has 1 saturated heterocycles. The van der Waals surface area contributed by atoms with E-state index < -0.39 is 11.6 Å². The van der Waals surface area contributed by atoms with Crippen molar-refractivity contribution in [2.45, 2.75) is 4.90 Å². The molecule has 1 fully saturated rings. The van der Waals surface area contributed by atoms with E-state index in [0.29, 0.717) is 11.4 Å². The van der Waals surface area contributed by atoms with Crippen LogP contribution < -0.4 is 10.2 Å². The van der Waals surface area contributed by atoms with Crippen LogP contribution in [-0.4, -0.2) is 65.8 Å². The Morgan fingerprint density at radius 2 is 1.85 bits per heavy atom. The van der Waals surface area contributed by atoms with Gasteiger partial charge in [0.25, 0.3) is 0 Å². The number of piperazine rings is 1. The Morgan fingerprint density at radius 1 is 1.11 bits per heavy atom. The molecule has 1 aliphatic heterocycles. The van der Waals surface area contributed by atoms with Crippen LogP contribution in [-0.2, 0) is 4.79 Å². The van der Waals surface area contributed by atoms with Gasteiger partial charge in [-0.15, -0.1) is 11.8 Å². The number of carbonyl (C=O) groups excluding carboxylic acids is 1. The molecular weight excluding hydrogens is 372 g/mol. The summed E-state index contributed by atoms with van der Waals surface area (Å²) in [7, 11) is 0. The SMILES string of the molecule is O=C(CSc1ccc(F)c(F)c1)NCCN1CCN(c2ncccn2)CC1. The Hall–Kier alpha value is -2.26. The molecule has 3 rings (SSSR count). The van der Waals surface area contributed by atoms with Crippen LogP contribution in [0.2, 0.25) is 0 Å². The van der Waals surface area contributed by atoms with Crippen LogP contribution in [0.3, 0.4) is 0 Å². The number of hydrogen-bond donors (Lipinski definition) is 1. The number of thioether (sulfide) groups is 1. The van der Waals surface area contributed by atoms with Crippen molar-refractivity contribution < 1.29 is 13.6 Å². The normalized spacial score (nSPS) is 15.0. The van der Waals surface area contributed by atoms with Crippen LogP contribution >= 0.6 is 11.8 Å². The maximum Gasteiger partial charge on any atom is 0.230 e. The van der Waals surface area contributed by atoms with Crippen molar-refractivity contribution in [3.63, 3.8) is 0 Å². The Bertz CT molecular complexity index is 757. The molecule has 0 unspecified atom stereocenters. The fraction of sp³-hybridized carbons (Fsp3) is 0.389. The third kappa shape index (κ3) is 5.86. The first-order chi connectivity index (χ1) is 13.1. The zero-order chi connectivity index (χ0) is 19.1. The lowest BCUT2D eigenvalue weighted by Gasteiger charge is -2.34. The van der Waals surface area contributed by atoms with Crippen molar-refractivity contribution >= 4 is 23.6 Å². The van der Waals surface area contributed by atoms with Gasteiger partial charge in [-0.05, 0) is 24.3 Å². The number of aromatic nitrogens is 2. The largest absolute Gasteiger partial charge is 0.354 e. The second kappa shape index (κ2) is 9.61. The van der Waals surface area contributed by atoms with E-state index in [9.17, 15) is 13.6 Å². The Labute approximate surface area is 161 Å². The molecule has 0 aliphatic carbocycles. The first-order valence-electron chi connectivity index (χ1n) is 8.71. The van der Waals surface area contributed by atoms with E-state index in [2.05, 4.69) is 25.1 Å². The monoisotopic (exact) mass is 393 g/mol. The van der Waals surface area contributed by atoms with Gasteiger partial charge in [-0.2, -0.15) is 0 Å². The second-order valence-corrected chi connectivity index (χ2v) is 7.14. The van der Waals surface area contributed by atoms with Gasteiger partial charge in [0, 0.05) is 56.6 Å². The average Bonchev–Trinajstić information content (AvgIpc) is 2.70. The summed E-state index contributed by atoms with van der Waals surface area (Å²) in [6, 6.07) is 5.43. The summed E-state index contributed by atoms with van der Waals surface area (Å²) >= 11 is 1.18. The summed E-state index contributed by atoms with van der Waals surface area (Å²) in [6.45, 7) is 4.80. The van der Waals surface area contributed by atoms with Crippen molar-refractivity contribution in [3.8, 4) is 0 Å². The van der Waals surface area contributed by atoms with Crippen LogP contribution in [0.25, 0.3) is 0 Å². The molecule has 1 amide bonds. The van der Waals surface area contributed by atoms with Crippen molar-refractivity contribution in [2.75, 3.05) is 49.9 Å². The summed E-state index contributed by atoms with van der Waals surface area (Å²) in [5.41, 5.74) is 0. The molecule has 27 heavy (non-hydrogen) atoms. The predicted octanol–water partition coefficient (Wildman–Crippen LogP) is 1.79. The Balaban J connectivity index is 1.32. The zero-order valence-corrected chi connectivity index (χ0v) is 15.6. The second-order valence-electron chi connectivity index (χ2n) is 6.09. The average molecular weight is 393 g/mol. The molecule has 0 saturated carbocycles. The van der Waals surface area contributed by atoms with E-state index in [1.165, 1.54) is 17.8 Å². The maximum absolute atomic E-state index is 13.1. The number of nitrogens with one attached hydrogen (secondary N) is 1. The summed E-state index contributed by atoms with van der Waals surface area (Å²) in [4.78, 5) is 25.4. The summed E-state index contributed by atoms with van der Waals surface area (Å²) in [5.74, 6) is -0.992. The number of benzene rings is 1. The van der Waals surface area contributed by atoms with Crippen LogP contribution in [0.1, 0.15) is 0 Å². The Kier molecular flexibility index (Phi) is 6.94. The molecule has 1 N–H and O–H groups in total. The minimum atomic E-state index is -0.902. The molecule has 0 spiro atoms. The number of rotatable bonds is 7. The third-order valence-corrected chi connectivity index (χ3v) is 5.21. The van der Waals surface area contributed by atoms with Gasteiger partial charge in [-0.1, -0.05) is 0 Å². The van der Waals surface area contributed by atoms with Crippen LogP contribution in [0.5, 0.6) is 0 Å². The predicted molar refractivity (Wildman–Crippen MR) is 101 cm³/mol. The van der Waals surface area contributed by atoms with Gasteiger partial charge in [0.2, 0.25) is 11.9 Å². The highest BCUT2D eigenvalue weighted by Crippen LogP contribution is 2.20. The molecular formula is C18H21F2N5OS. The molecule has 144 valence electrons. The fourth-order valence-corrected chi connectivity index (χ4v) is 3.50. The van der Waals surface area contributed by atoms with E-state index in [4.69, 9.17) is 0 Å². The lowest BCUT2D eigenvalue weighted by molar-refractivity contribution is -0.118. The van der Waals surface area contributed by atoms with Gasteiger partial charge in [0.05, 0.1) is 5.75 Å². The molecule has 1 aliphatic rings. The summed E-state index contributed by atoms with van der Waals surface area (Å²) < 4.78 is 26.0. The highest BCUT2D eigenvalue weighted by atomic mass is 32.2. The van der Waals surface area contributed by atoms with Crippen LogP contribution in [0.15, 0.2) is 41.6 Å². The fourth-order valence-electron chi connectivity index (χ4n) is 2.75. The standard InChI is InChI=1S/C18H21F2N5OS/c19-15-3-2-14(12-16(15)20)27-13-17(26)21-6-7-24-8-10-25(11-9-24)18-22-4-1-5-23-18/h1-5,12H,6-11,13H2,(H,21,26). The smallest absolute Gasteiger partial charge is 0.230 e. The molecule has 0 radical (unpaired) electrons. The van der Waals surface area contributed by atoms with E-state index >= 15 is 0 Å². The number of hydrogen-bond acceptors (Lipinski definition) is 6. The van der Waals surface area contributed by atoms with Gasteiger partial charge in [-0.3, -0.25) is 9.69 Å². The van der Waals surface area contributed by atoms with Crippen molar-refractivity contribution in [2.24, 2.45) is 0 Å². The molecule has 2 aromatic rings.